The number of carbonyl (C=O) groups excluding carboxylic acids is 2. The Morgan fingerprint density at radius 2 is 1.45 bits per heavy atom. The van der Waals surface area contributed by atoms with Crippen LogP contribution in [-0.4, -0.2) is 39.2 Å². The molecule has 1 aromatic rings. The zero-order valence-corrected chi connectivity index (χ0v) is 13.8. The van der Waals surface area contributed by atoms with Gasteiger partial charge in [0.05, 0.1) is 27.1 Å². The lowest BCUT2D eigenvalue weighted by Gasteiger charge is -2.24. The predicted molar refractivity (Wildman–Crippen MR) is 84.6 cm³/mol. The van der Waals surface area contributed by atoms with E-state index in [0.29, 0.717) is 13.1 Å². The molecule has 110 valence electrons. The normalized spacial score (nSPS) is 9.95. The van der Waals surface area contributed by atoms with Crippen LogP contribution in [0.1, 0.15) is 12.8 Å². The second kappa shape index (κ2) is 8.78. The second-order valence-electron chi connectivity index (χ2n) is 4.12. The van der Waals surface area contributed by atoms with Crippen LogP contribution in [0.25, 0.3) is 0 Å². The highest BCUT2D eigenvalue weighted by Gasteiger charge is 2.12. The van der Waals surface area contributed by atoms with Crippen molar-refractivity contribution in [3.05, 3.63) is 27.8 Å². The maximum Gasteiger partial charge on any atom is 0.307 e. The van der Waals surface area contributed by atoms with Gasteiger partial charge in [-0.3, -0.25) is 9.59 Å². The highest BCUT2D eigenvalue weighted by atomic mass is 127. The van der Waals surface area contributed by atoms with Crippen LogP contribution >= 0.6 is 22.6 Å². The Morgan fingerprint density at radius 3 is 1.85 bits per heavy atom. The molecule has 0 saturated carbocycles. The molecule has 1 rings (SSSR count). The maximum atomic E-state index is 11.3. The Morgan fingerprint density at radius 1 is 1.00 bits per heavy atom. The molecule has 0 aliphatic heterocycles. The first kappa shape index (κ1) is 16.7. The van der Waals surface area contributed by atoms with Gasteiger partial charge in [-0.15, -0.1) is 0 Å². The monoisotopic (exact) mass is 391 g/mol. The molecule has 6 heteroatoms. The van der Waals surface area contributed by atoms with Gasteiger partial charge in [0, 0.05) is 22.3 Å². The van der Waals surface area contributed by atoms with Crippen molar-refractivity contribution in [3.8, 4) is 0 Å². The van der Waals surface area contributed by atoms with Crippen molar-refractivity contribution in [3.63, 3.8) is 0 Å². The topological polar surface area (TPSA) is 55.8 Å². The number of ether oxygens (including phenoxy) is 2. The third-order valence-electron chi connectivity index (χ3n) is 2.82. The summed E-state index contributed by atoms with van der Waals surface area (Å²) in [6.07, 6.45) is 0.563. The highest BCUT2D eigenvalue weighted by molar-refractivity contribution is 14.1. The summed E-state index contributed by atoms with van der Waals surface area (Å²) in [5, 5.41) is 0. The zero-order chi connectivity index (χ0) is 15.0. The number of esters is 2. The largest absolute Gasteiger partial charge is 0.469 e. The first-order valence-corrected chi connectivity index (χ1v) is 7.29. The van der Waals surface area contributed by atoms with Crippen LogP contribution in [-0.2, 0) is 19.1 Å². The minimum absolute atomic E-state index is 0.265. The maximum absolute atomic E-state index is 11.3. The Labute approximate surface area is 132 Å². The molecule has 5 nitrogen and oxygen atoms in total. The molecule has 0 N–H and O–H groups in total. The van der Waals surface area contributed by atoms with Crippen LogP contribution in [0.5, 0.6) is 0 Å². The quantitative estimate of drug-likeness (QED) is 0.527. The van der Waals surface area contributed by atoms with Crippen molar-refractivity contribution >= 4 is 40.2 Å². The van der Waals surface area contributed by atoms with Crippen LogP contribution < -0.4 is 4.90 Å². The van der Waals surface area contributed by atoms with Crippen molar-refractivity contribution in [2.24, 2.45) is 0 Å². The summed E-state index contributed by atoms with van der Waals surface area (Å²) < 4.78 is 10.4. The number of methoxy groups -OCH3 is 2. The molecular formula is C14H18INO4. The van der Waals surface area contributed by atoms with E-state index in [1.54, 1.807) is 0 Å². The lowest BCUT2D eigenvalue weighted by Crippen LogP contribution is -2.29. The van der Waals surface area contributed by atoms with Crippen molar-refractivity contribution in [1.29, 1.82) is 0 Å². The van der Waals surface area contributed by atoms with Crippen LogP contribution in [0.4, 0.5) is 5.69 Å². The summed E-state index contributed by atoms with van der Waals surface area (Å²) in [5.41, 5.74) is 0.971. The molecule has 0 saturated heterocycles. The number of nitrogens with zero attached hydrogens (tertiary/aromatic N) is 1. The van der Waals surface area contributed by atoms with E-state index in [2.05, 4.69) is 32.1 Å². The third kappa shape index (κ3) is 5.77. The fraction of sp³-hybridized carbons (Fsp3) is 0.429. The number of carbonyl (C=O) groups is 2. The summed E-state index contributed by atoms with van der Waals surface area (Å²) in [4.78, 5) is 24.5. The van der Waals surface area contributed by atoms with Crippen molar-refractivity contribution < 1.29 is 19.1 Å². The Bertz CT molecular complexity index is 427. The molecule has 0 fully saturated rings. The smallest absolute Gasteiger partial charge is 0.307 e. The number of hydrogen-bond donors (Lipinski definition) is 0. The Kier molecular flexibility index (Phi) is 7.35. The molecule has 0 spiro atoms. The van der Waals surface area contributed by atoms with E-state index in [1.807, 2.05) is 29.2 Å². The van der Waals surface area contributed by atoms with Crippen molar-refractivity contribution in [2.75, 3.05) is 32.2 Å². The van der Waals surface area contributed by atoms with Gasteiger partial charge in [0.2, 0.25) is 0 Å². The molecule has 20 heavy (non-hydrogen) atoms. The van der Waals surface area contributed by atoms with Crippen LogP contribution in [0.3, 0.4) is 0 Å². The number of rotatable bonds is 7. The van der Waals surface area contributed by atoms with Gasteiger partial charge in [0.15, 0.2) is 0 Å². The van der Waals surface area contributed by atoms with Crippen LogP contribution in [0.2, 0.25) is 0 Å². The van der Waals surface area contributed by atoms with E-state index in [0.717, 1.165) is 9.26 Å². The van der Waals surface area contributed by atoms with Gasteiger partial charge in [0.1, 0.15) is 0 Å². The summed E-state index contributed by atoms with van der Waals surface area (Å²) >= 11 is 2.23. The average molecular weight is 391 g/mol. The summed E-state index contributed by atoms with van der Waals surface area (Å²) in [5.74, 6) is -0.530. The number of benzene rings is 1. The molecule has 0 bridgehead atoms. The fourth-order valence-electron chi connectivity index (χ4n) is 1.68. The molecule has 0 unspecified atom stereocenters. The molecule has 1 aromatic carbocycles. The SMILES string of the molecule is COC(=O)CCN(CCC(=O)OC)c1ccc(I)cc1. The van der Waals surface area contributed by atoms with Gasteiger partial charge >= 0.3 is 11.9 Å². The number of anilines is 1. The van der Waals surface area contributed by atoms with Gasteiger partial charge in [-0.1, -0.05) is 0 Å². The highest BCUT2D eigenvalue weighted by Crippen LogP contribution is 2.17. The van der Waals surface area contributed by atoms with E-state index >= 15 is 0 Å². The number of halogens is 1. The second-order valence-corrected chi connectivity index (χ2v) is 5.36. The molecule has 0 heterocycles. The van der Waals surface area contributed by atoms with E-state index in [-0.39, 0.29) is 24.8 Å². The van der Waals surface area contributed by atoms with E-state index in [4.69, 9.17) is 0 Å². The predicted octanol–water partition coefficient (Wildman–Crippen LogP) is 2.22. The summed E-state index contributed by atoms with van der Waals surface area (Å²) in [6, 6.07) is 7.91. The zero-order valence-electron chi connectivity index (χ0n) is 11.6. The minimum Gasteiger partial charge on any atom is -0.469 e. The molecular weight excluding hydrogens is 373 g/mol. The minimum atomic E-state index is -0.265. The molecule has 0 amide bonds. The first-order chi connectivity index (χ1) is 9.56. The standard InChI is InChI=1S/C14H18INO4/c1-19-13(17)7-9-16(10-8-14(18)20-2)12-5-3-11(15)4-6-12/h3-6H,7-10H2,1-2H3. The molecule has 0 atom stereocenters. The van der Waals surface area contributed by atoms with E-state index in [9.17, 15) is 9.59 Å². The molecule has 0 aliphatic carbocycles. The average Bonchev–Trinajstić information content (AvgIpc) is 2.47. The van der Waals surface area contributed by atoms with E-state index in [1.165, 1.54) is 14.2 Å². The summed E-state index contributed by atoms with van der Waals surface area (Å²) in [6.45, 7) is 1.01. The third-order valence-corrected chi connectivity index (χ3v) is 3.54. The Hall–Kier alpha value is -1.31. The van der Waals surface area contributed by atoms with Crippen LogP contribution in [0, 0.1) is 3.57 Å². The first-order valence-electron chi connectivity index (χ1n) is 6.21. The molecule has 0 aliphatic rings. The van der Waals surface area contributed by atoms with Gasteiger partial charge in [0.25, 0.3) is 0 Å². The number of hydrogen-bond acceptors (Lipinski definition) is 5. The van der Waals surface area contributed by atoms with Gasteiger partial charge in [-0.25, -0.2) is 0 Å². The summed E-state index contributed by atoms with van der Waals surface area (Å²) in [7, 11) is 2.73. The molecule has 0 aromatic heterocycles. The van der Waals surface area contributed by atoms with Gasteiger partial charge in [-0.05, 0) is 46.9 Å². The Balaban J connectivity index is 2.69. The van der Waals surface area contributed by atoms with Gasteiger partial charge in [-0.2, -0.15) is 0 Å². The lowest BCUT2D eigenvalue weighted by atomic mass is 10.2. The molecule has 0 radical (unpaired) electrons. The van der Waals surface area contributed by atoms with Crippen LogP contribution in [0.15, 0.2) is 24.3 Å². The lowest BCUT2D eigenvalue weighted by molar-refractivity contribution is -0.140. The fourth-order valence-corrected chi connectivity index (χ4v) is 2.04. The van der Waals surface area contributed by atoms with E-state index < -0.39 is 0 Å². The van der Waals surface area contributed by atoms with Gasteiger partial charge < -0.3 is 14.4 Å². The van der Waals surface area contributed by atoms with Crippen molar-refractivity contribution in [2.45, 2.75) is 12.8 Å². The van der Waals surface area contributed by atoms with Crippen molar-refractivity contribution in [1.82, 2.24) is 0 Å².